The van der Waals surface area contributed by atoms with Crippen LogP contribution in [-0.4, -0.2) is 32.0 Å². The van der Waals surface area contributed by atoms with Gasteiger partial charge in [-0.3, -0.25) is 14.8 Å². The quantitative estimate of drug-likeness (QED) is 0.450. The van der Waals surface area contributed by atoms with E-state index in [1.807, 2.05) is 31.2 Å². The molecule has 0 saturated carbocycles. The summed E-state index contributed by atoms with van der Waals surface area (Å²) in [5.74, 6) is 1.03. The standard InChI is InChI=1S/C17H16ClN5O4/c1-11(22-9-13(8-19-22)23(24)25)15-7-16(18)20-21-17(15)27-10-12-3-5-14(26-2)6-4-12/h3-9,11H,10H2,1-2H3. The largest absolute Gasteiger partial charge is 0.497 e. The number of hydrogen-bond acceptors (Lipinski definition) is 7. The molecule has 0 N–H and O–H groups in total. The lowest BCUT2D eigenvalue weighted by Gasteiger charge is -2.16. The summed E-state index contributed by atoms with van der Waals surface area (Å²) in [6.45, 7) is 2.07. The second-order valence-electron chi connectivity index (χ2n) is 5.68. The Kier molecular flexibility index (Phi) is 5.51. The highest BCUT2D eigenvalue weighted by atomic mass is 35.5. The molecule has 140 valence electrons. The van der Waals surface area contributed by atoms with Gasteiger partial charge in [-0.05, 0) is 30.7 Å². The van der Waals surface area contributed by atoms with Gasteiger partial charge in [0.15, 0.2) is 5.15 Å². The molecule has 0 amide bonds. The highest BCUT2D eigenvalue weighted by Gasteiger charge is 2.20. The molecule has 1 aromatic carbocycles. The molecule has 0 aliphatic heterocycles. The number of aromatic nitrogens is 4. The molecule has 0 spiro atoms. The topological polar surface area (TPSA) is 105 Å². The van der Waals surface area contributed by atoms with Crippen molar-refractivity contribution in [1.29, 1.82) is 0 Å². The fourth-order valence-corrected chi connectivity index (χ4v) is 2.59. The first-order chi connectivity index (χ1) is 13.0. The minimum atomic E-state index is -0.505. The van der Waals surface area contributed by atoms with Crippen LogP contribution >= 0.6 is 11.6 Å². The van der Waals surface area contributed by atoms with Crippen molar-refractivity contribution in [3.63, 3.8) is 0 Å². The van der Waals surface area contributed by atoms with Gasteiger partial charge in [-0.25, -0.2) is 0 Å². The Hall–Kier alpha value is -3.20. The fraction of sp³-hybridized carbons (Fsp3) is 0.235. The van der Waals surface area contributed by atoms with E-state index >= 15 is 0 Å². The number of hydrogen-bond donors (Lipinski definition) is 0. The van der Waals surface area contributed by atoms with Gasteiger partial charge in [-0.1, -0.05) is 23.7 Å². The van der Waals surface area contributed by atoms with E-state index < -0.39 is 11.0 Å². The number of nitro groups is 1. The number of halogens is 1. The van der Waals surface area contributed by atoms with Gasteiger partial charge < -0.3 is 9.47 Å². The van der Waals surface area contributed by atoms with Crippen LogP contribution in [0.25, 0.3) is 0 Å². The van der Waals surface area contributed by atoms with Crippen molar-refractivity contribution in [3.05, 3.63) is 69.1 Å². The van der Waals surface area contributed by atoms with Crippen molar-refractivity contribution in [2.75, 3.05) is 7.11 Å². The first kappa shape index (κ1) is 18.6. The minimum Gasteiger partial charge on any atom is -0.497 e. The van der Waals surface area contributed by atoms with Crippen LogP contribution in [0.2, 0.25) is 5.15 Å². The summed E-state index contributed by atoms with van der Waals surface area (Å²) in [5.41, 5.74) is 1.43. The second-order valence-corrected chi connectivity index (χ2v) is 6.06. The Morgan fingerprint density at radius 1 is 1.30 bits per heavy atom. The molecule has 10 heteroatoms. The van der Waals surface area contributed by atoms with Gasteiger partial charge >= 0.3 is 5.69 Å². The van der Waals surface area contributed by atoms with Gasteiger partial charge in [0, 0.05) is 5.56 Å². The summed E-state index contributed by atoms with van der Waals surface area (Å²) >= 11 is 5.97. The van der Waals surface area contributed by atoms with E-state index in [1.54, 1.807) is 13.2 Å². The lowest BCUT2D eigenvalue weighted by Crippen LogP contribution is -2.11. The van der Waals surface area contributed by atoms with E-state index in [2.05, 4.69) is 15.3 Å². The van der Waals surface area contributed by atoms with Crippen LogP contribution in [0.5, 0.6) is 11.6 Å². The van der Waals surface area contributed by atoms with Crippen molar-refractivity contribution >= 4 is 17.3 Å². The lowest BCUT2D eigenvalue weighted by atomic mass is 10.1. The molecule has 0 aliphatic carbocycles. The summed E-state index contributed by atoms with van der Waals surface area (Å²) in [5, 5.41) is 22.9. The van der Waals surface area contributed by atoms with Gasteiger partial charge in [0.2, 0.25) is 5.88 Å². The van der Waals surface area contributed by atoms with Gasteiger partial charge in [0.25, 0.3) is 0 Å². The molecule has 0 saturated heterocycles. The molecule has 27 heavy (non-hydrogen) atoms. The fourth-order valence-electron chi connectivity index (χ4n) is 2.43. The van der Waals surface area contributed by atoms with Crippen LogP contribution in [0.3, 0.4) is 0 Å². The van der Waals surface area contributed by atoms with Crippen LogP contribution in [-0.2, 0) is 6.61 Å². The zero-order valence-electron chi connectivity index (χ0n) is 14.6. The summed E-state index contributed by atoms with van der Waals surface area (Å²) < 4.78 is 12.4. The van der Waals surface area contributed by atoms with E-state index in [-0.39, 0.29) is 23.3 Å². The Balaban J connectivity index is 1.82. The Morgan fingerprint density at radius 2 is 2.04 bits per heavy atom. The van der Waals surface area contributed by atoms with Crippen molar-refractivity contribution < 1.29 is 14.4 Å². The Bertz CT molecular complexity index is 945. The molecule has 2 aromatic heterocycles. The number of nitrogens with zero attached hydrogens (tertiary/aromatic N) is 5. The minimum absolute atomic E-state index is 0.101. The van der Waals surface area contributed by atoms with Gasteiger partial charge in [0.05, 0.1) is 18.1 Å². The van der Waals surface area contributed by atoms with Crippen LogP contribution < -0.4 is 9.47 Å². The van der Waals surface area contributed by atoms with E-state index in [1.165, 1.54) is 17.1 Å². The van der Waals surface area contributed by atoms with Crippen LogP contribution in [0.4, 0.5) is 5.69 Å². The summed E-state index contributed by atoms with van der Waals surface area (Å²) in [6, 6.07) is 8.63. The normalized spacial score (nSPS) is 11.8. The Morgan fingerprint density at radius 3 is 2.67 bits per heavy atom. The molecule has 1 unspecified atom stereocenters. The highest BCUT2D eigenvalue weighted by Crippen LogP contribution is 2.28. The molecule has 0 bridgehead atoms. The van der Waals surface area contributed by atoms with Crippen LogP contribution in [0, 0.1) is 10.1 Å². The van der Waals surface area contributed by atoms with E-state index in [4.69, 9.17) is 21.1 Å². The SMILES string of the molecule is COc1ccc(COc2nnc(Cl)cc2C(C)n2cc([N+](=O)[O-])cn2)cc1. The van der Waals surface area contributed by atoms with Crippen LogP contribution in [0.15, 0.2) is 42.7 Å². The maximum Gasteiger partial charge on any atom is 0.307 e. The molecule has 3 rings (SSSR count). The van der Waals surface area contributed by atoms with Gasteiger partial charge in [0.1, 0.15) is 24.8 Å². The molecule has 0 aliphatic rings. The van der Waals surface area contributed by atoms with E-state index in [0.29, 0.717) is 5.56 Å². The molecular weight excluding hydrogens is 374 g/mol. The first-order valence-electron chi connectivity index (χ1n) is 7.95. The summed E-state index contributed by atoms with van der Waals surface area (Å²) in [6.07, 6.45) is 2.52. The molecule has 9 nitrogen and oxygen atoms in total. The average molecular weight is 390 g/mol. The van der Waals surface area contributed by atoms with Crippen molar-refractivity contribution in [2.45, 2.75) is 19.6 Å². The lowest BCUT2D eigenvalue weighted by molar-refractivity contribution is -0.385. The predicted octanol–water partition coefficient (Wildman–Crippen LogP) is 3.43. The van der Waals surface area contributed by atoms with Gasteiger partial charge in [-0.2, -0.15) is 5.10 Å². The van der Waals surface area contributed by atoms with Crippen molar-refractivity contribution in [1.82, 2.24) is 20.0 Å². The van der Waals surface area contributed by atoms with Crippen molar-refractivity contribution in [2.24, 2.45) is 0 Å². The number of rotatable bonds is 7. The van der Waals surface area contributed by atoms with Gasteiger partial charge in [-0.15, -0.1) is 10.2 Å². The molecular formula is C17H16ClN5O4. The van der Waals surface area contributed by atoms with Crippen molar-refractivity contribution in [3.8, 4) is 11.6 Å². The first-order valence-corrected chi connectivity index (χ1v) is 8.33. The maximum absolute atomic E-state index is 10.9. The number of ether oxygens (including phenoxy) is 2. The molecule has 1 atom stereocenters. The smallest absolute Gasteiger partial charge is 0.307 e. The zero-order chi connectivity index (χ0) is 19.4. The monoisotopic (exact) mass is 389 g/mol. The molecule has 0 fully saturated rings. The van der Waals surface area contributed by atoms with Crippen LogP contribution in [0.1, 0.15) is 24.1 Å². The number of methoxy groups -OCH3 is 1. The molecule has 0 radical (unpaired) electrons. The predicted molar refractivity (Wildman–Crippen MR) is 97.1 cm³/mol. The van der Waals surface area contributed by atoms with E-state index in [0.717, 1.165) is 11.3 Å². The third-order valence-electron chi connectivity index (χ3n) is 3.94. The maximum atomic E-state index is 10.9. The zero-order valence-corrected chi connectivity index (χ0v) is 15.3. The molecule has 2 heterocycles. The van der Waals surface area contributed by atoms with E-state index in [9.17, 15) is 10.1 Å². The summed E-state index contributed by atoms with van der Waals surface area (Å²) in [4.78, 5) is 10.4. The average Bonchev–Trinajstić information content (AvgIpc) is 3.17. The Labute approximate surface area is 159 Å². The summed E-state index contributed by atoms with van der Waals surface area (Å²) in [7, 11) is 1.60. The second kappa shape index (κ2) is 8.00. The number of benzene rings is 1. The third kappa shape index (κ3) is 4.32. The third-order valence-corrected chi connectivity index (χ3v) is 4.12. The highest BCUT2D eigenvalue weighted by molar-refractivity contribution is 6.29. The molecule has 3 aromatic rings.